The maximum atomic E-state index is 12.2. The van der Waals surface area contributed by atoms with Crippen LogP contribution in [-0.4, -0.2) is 22.0 Å². The molecule has 4 heteroatoms. The van der Waals surface area contributed by atoms with Crippen molar-refractivity contribution in [3.05, 3.63) is 71.7 Å². The lowest BCUT2D eigenvalue weighted by Gasteiger charge is -2.25. The van der Waals surface area contributed by atoms with Gasteiger partial charge in [0, 0.05) is 18.8 Å². The molecule has 0 saturated heterocycles. The average Bonchev–Trinajstić information content (AvgIpc) is 2.96. The first-order valence-electron chi connectivity index (χ1n) is 8.49. The number of hydrogen-bond acceptors (Lipinski definition) is 3. The minimum atomic E-state index is -0.250. The number of fused-ring (bicyclic) bond motifs is 1. The van der Waals surface area contributed by atoms with Crippen molar-refractivity contribution in [2.45, 2.75) is 31.6 Å². The summed E-state index contributed by atoms with van der Waals surface area (Å²) in [6.07, 6.45) is 8.30. The van der Waals surface area contributed by atoms with Crippen LogP contribution in [0.2, 0.25) is 0 Å². The summed E-state index contributed by atoms with van der Waals surface area (Å²) in [4.78, 5) is 16.8. The minimum absolute atomic E-state index is 0.250. The predicted octanol–water partition coefficient (Wildman–Crippen LogP) is 4.00. The average molecular weight is 320 g/mol. The molecule has 0 amide bonds. The Hall–Kier alpha value is -2.62. The number of esters is 1. The molecule has 0 N–H and O–H groups in total. The smallest absolute Gasteiger partial charge is 0.338 e. The Kier molecular flexibility index (Phi) is 4.03. The Balaban J connectivity index is 1.36. The molecule has 1 fully saturated rings. The van der Waals surface area contributed by atoms with Crippen molar-refractivity contribution in [1.82, 2.24) is 9.38 Å². The summed E-state index contributed by atoms with van der Waals surface area (Å²) >= 11 is 0. The Morgan fingerprint density at radius 2 is 2.12 bits per heavy atom. The zero-order valence-corrected chi connectivity index (χ0v) is 13.5. The number of ether oxygens (including phenoxy) is 1. The number of aromatic nitrogens is 2. The summed E-state index contributed by atoms with van der Waals surface area (Å²) in [6, 6.07) is 13.8. The molecule has 0 unspecified atom stereocenters. The molecule has 1 aliphatic rings. The second-order valence-corrected chi connectivity index (χ2v) is 6.34. The van der Waals surface area contributed by atoms with Gasteiger partial charge in [-0.15, -0.1) is 0 Å². The first-order valence-corrected chi connectivity index (χ1v) is 8.49. The van der Waals surface area contributed by atoms with Gasteiger partial charge in [-0.2, -0.15) is 0 Å². The third-order valence-electron chi connectivity index (χ3n) is 4.70. The highest BCUT2D eigenvalue weighted by molar-refractivity contribution is 5.89. The van der Waals surface area contributed by atoms with Crippen LogP contribution in [0.25, 0.3) is 5.65 Å². The van der Waals surface area contributed by atoms with Crippen molar-refractivity contribution in [1.29, 1.82) is 0 Å². The van der Waals surface area contributed by atoms with Gasteiger partial charge in [0.25, 0.3) is 0 Å². The van der Waals surface area contributed by atoms with Crippen LogP contribution in [0.1, 0.15) is 46.8 Å². The van der Waals surface area contributed by atoms with Gasteiger partial charge < -0.3 is 9.14 Å². The Morgan fingerprint density at radius 3 is 2.92 bits per heavy atom. The summed E-state index contributed by atoms with van der Waals surface area (Å²) in [5, 5.41) is 0. The first kappa shape index (κ1) is 14.9. The standard InChI is InChI=1S/C20H20N2O2/c23-20(17-8-4-7-16(13-17)15-5-3-6-15)24-12-10-18-14-22-11-2-1-9-19(22)21-18/h1-2,4,7-9,11,13-15H,3,5-6,10,12H2. The third-order valence-corrected chi connectivity index (χ3v) is 4.70. The molecule has 4 rings (SSSR count). The normalized spacial score (nSPS) is 14.5. The highest BCUT2D eigenvalue weighted by Gasteiger charge is 2.20. The van der Waals surface area contributed by atoms with Crippen LogP contribution in [0, 0.1) is 0 Å². The molecule has 2 aromatic heterocycles. The second kappa shape index (κ2) is 6.48. The monoisotopic (exact) mass is 320 g/mol. The van der Waals surface area contributed by atoms with Gasteiger partial charge >= 0.3 is 5.97 Å². The number of imidazole rings is 1. The lowest BCUT2D eigenvalue weighted by Crippen LogP contribution is -2.12. The number of pyridine rings is 1. The molecule has 24 heavy (non-hydrogen) atoms. The van der Waals surface area contributed by atoms with E-state index < -0.39 is 0 Å². The molecular weight excluding hydrogens is 300 g/mol. The molecule has 1 aromatic carbocycles. The Morgan fingerprint density at radius 1 is 1.21 bits per heavy atom. The predicted molar refractivity (Wildman–Crippen MR) is 92.2 cm³/mol. The minimum Gasteiger partial charge on any atom is -0.462 e. The fourth-order valence-corrected chi connectivity index (χ4v) is 3.10. The molecule has 0 atom stereocenters. The van der Waals surface area contributed by atoms with Gasteiger partial charge in [-0.1, -0.05) is 24.6 Å². The van der Waals surface area contributed by atoms with E-state index in [1.165, 1.54) is 24.8 Å². The second-order valence-electron chi connectivity index (χ2n) is 6.34. The van der Waals surface area contributed by atoms with Gasteiger partial charge in [0.05, 0.1) is 17.9 Å². The van der Waals surface area contributed by atoms with Crippen LogP contribution in [0.5, 0.6) is 0 Å². The maximum Gasteiger partial charge on any atom is 0.338 e. The Bertz CT molecular complexity index is 832. The van der Waals surface area contributed by atoms with Crippen LogP contribution >= 0.6 is 0 Å². The molecule has 0 bridgehead atoms. The van der Waals surface area contributed by atoms with Crippen molar-refractivity contribution in [2.24, 2.45) is 0 Å². The van der Waals surface area contributed by atoms with E-state index in [2.05, 4.69) is 11.1 Å². The number of nitrogens with zero attached hydrogens (tertiary/aromatic N) is 2. The zero-order chi connectivity index (χ0) is 16.4. The van der Waals surface area contributed by atoms with Crippen LogP contribution in [-0.2, 0) is 11.2 Å². The van der Waals surface area contributed by atoms with Crippen molar-refractivity contribution < 1.29 is 9.53 Å². The number of rotatable bonds is 5. The fourth-order valence-electron chi connectivity index (χ4n) is 3.10. The van der Waals surface area contributed by atoms with Gasteiger partial charge in [0.1, 0.15) is 5.65 Å². The topological polar surface area (TPSA) is 43.6 Å². The van der Waals surface area contributed by atoms with E-state index in [1.807, 2.05) is 53.2 Å². The largest absolute Gasteiger partial charge is 0.462 e. The SMILES string of the molecule is O=C(OCCc1cn2ccccc2n1)c1cccc(C2CCC2)c1. The quantitative estimate of drug-likeness (QED) is 0.667. The van der Waals surface area contributed by atoms with E-state index in [-0.39, 0.29) is 5.97 Å². The lowest BCUT2D eigenvalue weighted by atomic mass is 9.80. The van der Waals surface area contributed by atoms with Gasteiger partial charge in [0.2, 0.25) is 0 Å². The molecule has 0 spiro atoms. The number of hydrogen-bond donors (Lipinski definition) is 0. The van der Waals surface area contributed by atoms with Crippen LogP contribution in [0.3, 0.4) is 0 Å². The van der Waals surface area contributed by atoms with Gasteiger partial charge in [-0.05, 0) is 48.6 Å². The molecule has 4 nitrogen and oxygen atoms in total. The van der Waals surface area contributed by atoms with Crippen LogP contribution < -0.4 is 0 Å². The molecule has 0 radical (unpaired) electrons. The summed E-state index contributed by atoms with van der Waals surface area (Å²) in [5.41, 5.74) is 3.75. The summed E-state index contributed by atoms with van der Waals surface area (Å²) in [6.45, 7) is 0.344. The van der Waals surface area contributed by atoms with Crippen LogP contribution in [0.4, 0.5) is 0 Å². The number of carbonyl (C=O) groups is 1. The number of benzene rings is 1. The van der Waals surface area contributed by atoms with Crippen molar-refractivity contribution in [2.75, 3.05) is 6.61 Å². The van der Waals surface area contributed by atoms with E-state index in [0.717, 1.165) is 11.3 Å². The Labute approximate surface area is 141 Å². The van der Waals surface area contributed by atoms with Crippen molar-refractivity contribution >= 4 is 11.6 Å². The molecule has 122 valence electrons. The van der Waals surface area contributed by atoms with Crippen molar-refractivity contribution in [3.63, 3.8) is 0 Å². The highest BCUT2D eigenvalue weighted by atomic mass is 16.5. The van der Waals surface area contributed by atoms with Gasteiger partial charge in [-0.25, -0.2) is 9.78 Å². The van der Waals surface area contributed by atoms with Gasteiger partial charge in [-0.3, -0.25) is 0 Å². The summed E-state index contributed by atoms with van der Waals surface area (Å²) in [7, 11) is 0. The van der Waals surface area contributed by atoms with E-state index in [0.29, 0.717) is 24.5 Å². The molecule has 2 heterocycles. The van der Waals surface area contributed by atoms with E-state index in [1.54, 1.807) is 0 Å². The van der Waals surface area contributed by atoms with E-state index >= 15 is 0 Å². The zero-order valence-electron chi connectivity index (χ0n) is 13.5. The first-order chi connectivity index (χ1) is 11.8. The third kappa shape index (κ3) is 3.04. The fraction of sp³-hybridized carbons (Fsp3) is 0.300. The van der Waals surface area contributed by atoms with Gasteiger partial charge in [0.15, 0.2) is 0 Å². The molecule has 1 aliphatic carbocycles. The van der Waals surface area contributed by atoms with Crippen LogP contribution in [0.15, 0.2) is 54.9 Å². The number of carbonyl (C=O) groups excluding carboxylic acids is 1. The lowest BCUT2D eigenvalue weighted by molar-refractivity contribution is 0.0508. The molecule has 0 aliphatic heterocycles. The molecule has 1 saturated carbocycles. The summed E-state index contributed by atoms with van der Waals surface area (Å²) < 4.78 is 7.40. The van der Waals surface area contributed by atoms with Crippen molar-refractivity contribution in [3.8, 4) is 0 Å². The maximum absolute atomic E-state index is 12.2. The highest BCUT2D eigenvalue weighted by Crippen LogP contribution is 2.36. The molecular formula is C20H20N2O2. The van der Waals surface area contributed by atoms with E-state index in [4.69, 9.17) is 4.74 Å². The molecule has 3 aromatic rings. The van der Waals surface area contributed by atoms with E-state index in [9.17, 15) is 4.79 Å². The summed E-state index contributed by atoms with van der Waals surface area (Å²) in [5.74, 6) is 0.371.